The zero-order valence-corrected chi connectivity index (χ0v) is 50.6. The van der Waals surface area contributed by atoms with Crippen molar-refractivity contribution in [3.63, 3.8) is 0 Å². The standard InChI is InChI=1S/C79H77N3O/c1-14-18-56(76(2,3)4)19-17-40-80(60-33-25-57(26-34-60)77(5,6)7)63-31-22-50-43-66-69-46-55(52-24-39-74-68(45-52)65-20-15-16-21-73(65)83-74)47-70-67-44-51-23-32-64(42-54(51)49-72(67)82(75(69)70)71(66)48-53(50)41-63)81(61-35-27-58(28-36-61)78(8,9)10)62-37-29-59(30-38-62)79(11,12)13/h14-16,18,20-39,41-49H,1,17,19,40H2,2-13H3/b56-18+. The van der Waals surface area contributed by atoms with Gasteiger partial charge in [-0.2, -0.15) is 0 Å². The molecule has 0 aliphatic rings. The number of nitrogens with zero attached hydrogens (tertiary/aromatic N) is 3. The fourth-order valence-electron chi connectivity index (χ4n) is 12.9. The molecule has 0 amide bonds. The van der Waals surface area contributed by atoms with Crippen molar-refractivity contribution >= 4 is 110 Å². The minimum Gasteiger partial charge on any atom is -0.456 e. The third-order valence-electron chi connectivity index (χ3n) is 17.7. The van der Waals surface area contributed by atoms with Gasteiger partial charge in [0.1, 0.15) is 11.2 Å². The van der Waals surface area contributed by atoms with Crippen LogP contribution in [0.15, 0.2) is 217 Å². The Morgan fingerprint density at radius 3 is 1.45 bits per heavy atom. The van der Waals surface area contributed by atoms with E-state index in [0.717, 1.165) is 58.4 Å². The largest absolute Gasteiger partial charge is 0.456 e. The molecule has 13 rings (SSSR count). The maximum Gasteiger partial charge on any atom is 0.135 e. The Labute approximate surface area is 490 Å². The molecule has 0 fully saturated rings. The lowest BCUT2D eigenvalue weighted by Gasteiger charge is -2.28. The van der Waals surface area contributed by atoms with Crippen molar-refractivity contribution in [2.75, 3.05) is 16.3 Å². The summed E-state index contributed by atoms with van der Waals surface area (Å²) in [4.78, 5) is 4.95. The number of fused-ring (bicyclic) bond motifs is 11. The molecule has 4 nitrogen and oxygen atoms in total. The van der Waals surface area contributed by atoms with Gasteiger partial charge in [0.2, 0.25) is 0 Å². The first-order valence-corrected chi connectivity index (χ1v) is 29.9. The van der Waals surface area contributed by atoms with Crippen LogP contribution in [0.2, 0.25) is 0 Å². The van der Waals surface area contributed by atoms with E-state index in [1.165, 1.54) is 104 Å². The summed E-state index contributed by atoms with van der Waals surface area (Å²) in [5.41, 5.74) is 19.2. The molecule has 10 aromatic carbocycles. The van der Waals surface area contributed by atoms with Gasteiger partial charge in [-0.1, -0.05) is 180 Å². The predicted molar refractivity (Wildman–Crippen MR) is 360 cm³/mol. The Hall–Kier alpha value is -8.60. The Bertz CT molecular complexity index is 4610. The fraction of sp³-hybridized carbons (Fsp3) is 0.241. The molecule has 0 saturated heterocycles. The molecule has 0 N–H and O–H groups in total. The Morgan fingerprint density at radius 2 is 0.916 bits per heavy atom. The van der Waals surface area contributed by atoms with Crippen LogP contribution in [-0.2, 0) is 16.2 Å². The monoisotopic (exact) mass is 1080 g/mol. The van der Waals surface area contributed by atoms with E-state index < -0.39 is 0 Å². The third-order valence-corrected chi connectivity index (χ3v) is 17.7. The summed E-state index contributed by atoms with van der Waals surface area (Å²) in [7, 11) is 0. The predicted octanol–water partition coefficient (Wildman–Crippen LogP) is 23.1. The first kappa shape index (κ1) is 53.7. The summed E-state index contributed by atoms with van der Waals surface area (Å²) < 4.78 is 8.92. The van der Waals surface area contributed by atoms with Crippen molar-refractivity contribution in [2.45, 2.75) is 112 Å². The highest BCUT2D eigenvalue weighted by atomic mass is 16.3. The van der Waals surface area contributed by atoms with Crippen LogP contribution in [0.25, 0.3) is 92.7 Å². The molecule has 13 aromatic rings. The molecule has 0 aliphatic carbocycles. The number of furan rings is 1. The topological polar surface area (TPSA) is 24.0 Å². The van der Waals surface area contributed by atoms with Crippen LogP contribution < -0.4 is 9.80 Å². The molecule has 0 bridgehead atoms. The van der Waals surface area contributed by atoms with Crippen LogP contribution in [0, 0.1) is 5.41 Å². The molecular weight excluding hydrogens is 1010 g/mol. The summed E-state index contributed by atoms with van der Waals surface area (Å²) in [6.07, 6.45) is 6.18. The molecule has 0 aliphatic heterocycles. The second-order valence-electron chi connectivity index (χ2n) is 27.5. The molecule has 0 unspecified atom stereocenters. The molecular formula is C79H77N3O. The molecule has 4 heteroatoms. The Balaban J connectivity index is 1.01. The molecule has 83 heavy (non-hydrogen) atoms. The van der Waals surface area contributed by atoms with Crippen molar-refractivity contribution in [1.82, 2.24) is 4.40 Å². The lowest BCUT2D eigenvalue weighted by molar-refractivity contribution is 0.478. The van der Waals surface area contributed by atoms with Gasteiger partial charge in [-0.3, -0.25) is 0 Å². The first-order valence-electron chi connectivity index (χ1n) is 29.9. The van der Waals surface area contributed by atoms with Gasteiger partial charge in [0.05, 0.1) is 16.6 Å². The highest BCUT2D eigenvalue weighted by molar-refractivity contribution is 6.27. The van der Waals surface area contributed by atoms with E-state index >= 15 is 0 Å². The van der Waals surface area contributed by atoms with Crippen molar-refractivity contribution in [3.8, 4) is 11.1 Å². The van der Waals surface area contributed by atoms with Crippen molar-refractivity contribution in [3.05, 3.63) is 229 Å². The average molecular weight is 1080 g/mol. The van der Waals surface area contributed by atoms with E-state index in [1.54, 1.807) is 0 Å². The van der Waals surface area contributed by atoms with Crippen molar-refractivity contribution in [1.29, 1.82) is 0 Å². The van der Waals surface area contributed by atoms with Crippen molar-refractivity contribution in [2.24, 2.45) is 5.41 Å². The smallest absolute Gasteiger partial charge is 0.135 e. The third kappa shape index (κ3) is 9.70. The number of anilines is 5. The van der Waals surface area contributed by atoms with E-state index in [2.05, 4.69) is 292 Å². The first-order chi connectivity index (χ1) is 39.6. The van der Waals surface area contributed by atoms with E-state index in [0.29, 0.717) is 0 Å². The van der Waals surface area contributed by atoms with Crippen molar-refractivity contribution < 1.29 is 4.42 Å². The van der Waals surface area contributed by atoms with Gasteiger partial charge in [-0.25, -0.2) is 0 Å². The Kier molecular flexibility index (Phi) is 12.8. The SMILES string of the molecule is C=C/C=C(\CCCN(c1ccc(C(C)(C)C)cc1)c1ccc2cc3c4cc(-c5ccc6oc7ccccc7c6c5)cc5c6cc7ccc(N(c8ccc(C(C)(C)C)cc8)c8ccc(C(C)(C)C)cc8)cc7cc6n(c3cc2c1)c45)C(C)(C)C. The zero-order chi connectivity index (χ0) is 57.9. The molecule has 0 radical (unpaired) electrons. The number of allylic oxidation sites excluding steroid dienone is 3. The van der Waals surface area contributed by atoms with Crippen LogP contribution in [0.5, 0.6) is 0 Å². The van der Waals surface area contributed by atoms with Crippen LogP contribution >= 0.6 is 0 Å². The minimum absolute atomic E-state index is 0.0451. The van der Waals surface area contributed by atoms with Crippen LogP contribution in [0.1, 0.15) is 113 Å². The highest BCUT2D eigenvalue weighted by Gasteiger charge is 2.25. The number of aromatic nitrogens is 1. The maximum absolute atomic E-state index is 6.35. The lowest BCUT2D eigenvalue weighted by Crippen LogP contribution is -2.20. The van der Waals surface area contributed by atoms with Crippen LogP contribution in [0.3, 0.4) is 0 Å². The summed E-state index contributed by atoms with van der Waals surface area (Å²) in [6, 6.07) is 71.5. The highest BCUT2D eigenvalue weighted by Crippen LogP contribution is 2.47. The van der Waals surface area contributed by atoms with E-state index in [1.807, 2.05) is 12.1 Å². The number of benzene rings is 10. The summed E-state index contributed by atoms with van der Waals surface area (Å²) in [5, 5.41) is 12.1. The number of hydrogen-bond donors (Lipinski definition) is 0. The van der Waals surface area contributed by atoms with Gasteiger partial charge in [-0.05, 0) is 199 Å². The van der Waals surface area contributed by atoms with E-state index in [4.69, 9.17) is 4.42 Å². The fourth-order valence-corrected chi connectivity index (χ4v) is 12.9. The normalized spacial score (nSPS) is 13.1. The van der Waals surface area contributed by atoms with Gasteiger partial charge in [0.15, 0.2) is 0 Å². The Morgan fingerprint density at radius 1 is 0.434 bits per heavy atom. The van der Waals surface area contributed by atoms with Crippen LogP contribution in [0.4, 0.5) is 28.4 Å². The lowest BCUT2D eigenvalue weighted by atomic mass is 9.83. The van der Waals surface area contributed by atoms with Gasteiger partial charge >= 0.3 is 0 Å². The molecule has 0 atom stereocenters. The van der Waals surface area contributed by atoms with E-state index in [-0.39, 0.29) is 21.7 Å². The molecule has 3 heterocycles. The van der Waals surface area contributed by atoms with Crippen LogP contribution in [-0.4, -0.2) is 10.9 Å². The maximum atomic E-state index is 6.35. The second-order valence-corrected chi connectivity index (χ2v) is 27.5. The average Bonchev–Trinajstić information content (AvgIpc) is 2.35. The zero-order valence-electron chi connectivity index (χ0n) is 50.6. The van der Waals surface area contributed by atoms with Gasteiger partial charge < -0.3 is 18.6 Å². The number of rotatable bonds is 11. The van der Waals surface area contributed by atoms with Gasteiger partial charge in [0.25, 0.3) is 0 Å². The summed E-state index contributed by atoms with van der Waals surface area (Å²) in [5.74, 6) is 0. The quantitative estimate of drug-likeness (QED) is 0.121. The summed E-state index contributed by atoms with van der Waals surface area (Å²) >= 11 is 0. The number of para-hydroxylation sites is 1. The second kappa shape index (κ2) is 19.8. The summed E-state index contributed by atoms with van der Waals surface area (Å²) in [6.45, 7) is 32.5. The van der Waals surface area contributed by atoms with Gasteiger partial charge in [0, 0.05) is 67.3 Å². The van der Waals surface area contributed by atoms with E-state index in [9.17, 15) is 0 Å². The molecule has 0 spiro atoms. The molecule has 414 valence electrons. The molecule has 0 saturated carbocycles. The molecule has 3 aromatic heterocycles. The van der Waals surface area contributed by atoms with Gasteiger partial charge in [-0.15, -0.1) is 0 Å². The minimum atomic E-state index is 0.0451. The number of hydrogen-bond acceptors (Lipinski definition) is 3.